The van der Waals surface area contributed by atoms with Gasteiger partial charge in [-0.15, -0.1) is 0 Å². The van der Waals surface area contributed by atoms with Crippen LogP contribution in [0.15, 0.2) is 66.7 Å². The van der Waals surface area contributed by atoms with Crippen molar-refractivity contribution >= 4 is 11.9 Å². The molecule has 0 aliphatic carbocycles. The first-order valence-corrected chi connectivity index (χ1v) is 16.6. The molecule has 3 atom stereocenters. The summed E-state index contributed by atoms with van der Waals surface area (Å²) in [6.07, 6.45) is 3.54. The molecule has 2 aliphatic rings. The molecule has 0 N–H and O–H groups in total. The molecule has 1 fully saturated rings. The Labute approximate surface area is 274 Å². The van der Waals surface area contributed by atoms with E-state index in [0.717, 1.165) is 42.1 Å². The summed E-state index contributed by atoms with van der Waals surface area (Å²) < 4.78 is 24.3. The highest BCUT2D eigenvalue weighted by molar-refractivity contribution is 5.78. The van der Waals surface area contributed by atoms with Gasteiger partial charge in [-0.25, -0.2) is 0 Å². The molecule has 2 aliphatic heterocycles. The highest BCUT2D eigenvalue weighted by Crippen LogP contribution is 2.52. The standard InChI is InChI=1S/C39H49NO6/c1-26-32-20-19-31(45-37(42)39(5,6)7)25-33(32)46-35(34(26)27-11-17-30(18-12-27)44-36(41)38(2,3)4)28-13-15-29(16-14-28)43-24-23-40-21-9-8-10-22-40/h11-20,25-26,34-35H,8-10,21-24H2,1-7H3/t26?,34?,35-/m0/s1. The van der Waals surface area contributed by atoms with E-state index in [1.165, 1.54) is 19.3 Å². The number of benzene rings is 3. The van der Waals surface area contributed by atoms with Crippen LogP contribution >= 0.6 is 0 Å². The van der Waals surface area contributed by atoms with Crippen LogP contribution < -0.4 is 18.9 Å². The zero-order chi connectivity index (χ0) is 33.1. The van der Waals surface area contributed by atoms with Crippen molar-refractivity contribution in [2.24, 2.45) is 10.8 Å². The molecule has 5 rings (SSSR count). The molecule has 2 heterocycles. The lowest BCUT2D eigenvalue weighted by atomic mass is 9.75. The van der Waals surface area contributed by atoms with E-state index in [4.69, 9.17) is 18.9 Å². The van der Waals surface area contributed by atoms with E-state index in [2.05, 4.69) is 24.0 Å². The van der Waals surface area contributed by atoms with Gasteiger partial charge in [0.25, 0.3) is 0 Å². The largest absolute Gasteiger partial charge is 0.492 e. The summed E-state index contributed by atoms with van der Waals surface area (Å²) in [5.41, 5.74) is 1.92. The molecular weight excluding hydrogens is 578 g/mol. The number of fused-ring (bicyclic) bond motifs is 1. The molecule has 7 nitrogen and oxygen atoms in total. The highest BCUT2D eigenvalue weighted by Gasteiger charge is 2.38. The van der Waals surface area contributed by atoms with E-state index >= 15 is 0 Å². The Kier molecular flexibility index (Phi) is 10.1. The normalized spacial score (nSPS) is 20.3. The molecular formula is C39H49NO6. The second-order valence-electron chi connectivity index (χ2n) is 14.7. The van der Waals surface area contributed by atoms with Crippen LogP contribution in [0.4, 0.5) is 0 Å². The Morgan fingerprint density at radius 1 is 0.739 bits per heavy atom. The highest BCUT2D eigenvalue weighted by atomic mass is 16.5. The van der Waals surface area contributed by atoms with Crippen LogP contribution in [0, 0.1) is 10.8 Å². The lowest BCUT2D eigenvalue weighted by molar-refractivity contribution is -0.143. The maximum absolute atomic E-state index is 12.6. The van der Waals surface area contributed by atoms with E-state index in [-0.39, 0.29) is 29.9 Å². The van der Waals surface area contributed by atoms with Crippen molar-refractivity contribution in [1.29, 1.82) is 0 Å². The number of likely N-dealkylation sites (tertiary alicyclic amines) is 1. The third-order valence-electron chi connectivity index (χ3n) is 8.84. The summed E-state index contributed by atoms with van der Waals surface area (Å²) in [6, 6.07) is 21.6. The number of ether oxygens (including phenoxy) is 4. The van der Waals surface area contributed by atoms with Crippen molar-refractivity contribution in [3.05, 3.63) is 83.4 Å². The summed E-state index contributed by atoms with van der Waals surface area (Å²) in [7, 11) is 0. The van der Waals surface area contributed by atoms with E-state index in [0.29, 0.717) is 23.9 Å². The van der Waals surface area contributed by atoms with Crippen LogP contribution in [-0.2, 0) is 9.59 Å². The van der Waals surface area contributed by atoms with Crippen LogP contribution in [-0.4, -0.2) is 43.1 Å². The van der Waals surface area contributed by atoms with Gasteiger partial charge in [-0.1, -0.05) is 43.7 Å². The van der Waals surface area contributed by atoms with Gasteiger partial charge in [0, 0.05) is 18.5 Å². The zero-order valence-corrected chi connectivity index (χ0v) is 28.4. The first-order chi connectivity index (χ1) is 21.8. The molecule has 0 amide bonds. The zero-order valence-electron chi connectivity index (χ0n) is 28.4. The average Bonchev–Trinajstić information content (AvgIpc) is 3.01. The summed E-state index contributed by atoms with van der Waals surface area (Å²) in [4.78, 5) is 27.6. The summed E-state index contributed by atoms with van der Waals surface area (Å²) in [5.74, 6) is 1.98. The molecule has 246 valence electrons. The molecule has 0 saturated carbocycles. The van der Waals surface area contributed by atoms with Crippen molar-refractivity contribution in [3.63, 3.8) is 0 Å². The number of nitrogens with zero attached hydrogens (tertiary/aromatic N) is 1. The van der Waals surface area contributed by atoms with Gasteiger partial charge < -0.3 is 18.9 Å². The van der Waals surface area contributed by atoms with Crippen molar-refractivity contribution in [2.75, 3.05) is 26.2 Å². The van der Waals surface area contributed by atoms with Crippen molar-refractivity contribution in [2.45, 2.75) is 85.7 Å². The van der Waals surface area contributed by atoms with Gasteiger partial charge in [-0.3, -0.25) is 14.5 Å². The van der Waals surface area contributed by atoms with Gasteiger partial charge in [0.15, 0.2) is 0 Å². The third kappa shape index (κ3) is 8.11. The molecule has 1 saturated heterocycles. The molecule has 7 heteroatoms. The predicted octanol–water partition coefficient (Wildman–Crippen LogP) is 8.48. The maximum atomic E-state index is 12.6. The summed E-state index contributed by atoms with van der Waals surface area (Å²) >= 11 is 0. The van der Waals surface area contributed by atoms with E-state index in [1.54, 1.807) is 0 Å². The van der Waals surface area contributed by atoms with E-state index in [9.17, 15) is 9.59 Å². The summed E-state index contributed by atoms with van der Waals surface area (Å²) in [5, 5.41) is 0. The molecule has 0 bridgehead atoms. The minimum atomic E-state index is -0.622. The quantitative estimate of drug-likeness (QED) is 0.183. The number of hydrogen-bond donors (Lipinski definition) is 0. The number of carbonyl (C=O) groups excluding carboxylic acids is 2. The second kappa shape index (κ2) is 13.9. The van der Waals surface area contributed by atoms with Gasteiger partial charge in [0.05, 0.1) is 10.8 Å². The molecule has 0 spiro atoms. The van der Waals surface area contributed by atoms with Crippen molar-refractivity contribution in [3.8, 4) is 23.0 Å². The Hall–Kier alpha value is -3.84. The second-order valence-corrected chi connectivity index (χ2v) is 14.7. The van der Waals surface area contributed by atoms with Gasteiger partial charge in [0.1, 0.15) is 35.7 Å². The number of rotatable bonds is 8. The lowest BCUT2D eigenvalue weighted by Gasteiger charge is -2.39. The molecule has 0 radical (unpaired) electrons. The van der Waals surface area contributed by atoms with E-state index in [1.807, 2.05) is 96.1 Å². The smallest absolute Gasteiger partial charge is 0.316 e. The van der Waals surface area contributed by atoms with Crippen LogP contribution in [0.25, 0.3) is 0 Å². The monoisotopic (exact) mass is 627 g/mol. The van der Waals surface area contributed by atoms with Crippen LogP contribution in [0.5, 0.6) is 23.0 Å². The molecule has 3 aromatic carbocycles. The minimum Gasteiger partial charge on any atom is -0.492 e. The molecule has 0 aromatic heterocycles. The topological polar surface area (TPSA) is 74.3 Å². The molecule has 2 unspecified atom stereocenters. The van der Waals surface area contributed by atoms with E-state index < -0.39 is 10.8 Å². The fourth-order valence-corrected chi connectivity index (χ4v) is 5.97. The SMILES string of the molecule is CC1c2ccc(OC(=O)C(C)(C)C)cc2O[C@@H](c2ccc(OCCN3CCCCC3)cc2)C1c1ccc(OC(=O)C(C)(C)C)cc1. The third-order valence-corrected chi connectivity index (χ3v) is 8.84. The predicted molar refractivity (Wildman–Crippen MR) is 180 cm³/mol. The fraction of sp³-hybridized carbons (Fsp3) is 0.487. The van der Waals surface area contributed by atoms with Crippen molar-refractivity contribution < 1.29 is 28.5 Å². The Morgan fingerprint density at radius 3 is 1.89 bits per heavy atom. The Morgan fingerprint density at radius 2 is 1.28 bits per heavy atom. The van der Waals surface area contributed by atoms with Crippen LogP contribution in [0.2, 0.25) is 0 Å². The first-order valence-electron chi connectivity index (χ1n) is 16.6. The lowest BCUT2D eigenvalue weighted by Crippen LogP contribution is -2.33. The van der Waals surface area contributed by atoms with Gasteiger partial charge >= 0.3 is 11.9 Å². The number of esters is 2. The maximum Gasteiger partial charge on any atom is 0.316 e. The summed E-state index contributed by atoms with van der Waals surface area (Å²) in [6.45, 7) is 17.1. The average molecular weight is 628 g/mol. The number of piperidine rings is 1. The number of hydrogen-bond acceptors (Lipinski definition) is 7. The van der Waals surface area contributed by atoms with Gasteiger partial charge in [-0.2, -0.15) is 0 Å². The Bertz CT molecular complexity index is 1490. The first kappa shape index (κ1) is 33.5. The van der Waals surface area contributed by atoms with Crippen LogP contribution in [0.3, 0.4) is 0 Å². The van der Waals surface area contributed by atoms with Gasteiger partial charge in [0.2, 0.25) is 0 Å². The number of carbonyl (C=O) groups is 2. The Balaban J connectivity index is 1.40. The fourth-order valence-electron chi connectivity index (χ4n) is 5.97. The molecule has 46 heavy (non-hydrogen) atoms. The minimum absolute atomic E-state index is 0.0336. The van der Waals surface area contributed by atoms with Crippen molar-refractivity contribution in [1.82, 2.24) is 4.90 Å². The van der Waals surface area contributed by atoms with Crippen LogP contribution in [0.1, 0.15) is 102 Å². The van der Waals surface area contributed by atoms with Gasteiger partial charge in [-0.05, 0) is 120 Å². The molecule has 3 aromatic rings.